The van der Waals surface area contributed by atoms with Crippen LogP contribution < -0.4 is 0 Å². The van der Waals surface area contributed by atoms with Crippen LogP contribution >= 0.6 is 0 Å². The Labute approximate surface area is 74.3 Å². The molecule has 0 aliphatic heterocycles. The first-order valence-electron chi connectivity index (χ1n) is 3.89. The first-order chi connectivity index (χ1) is 6.16. The topological polar surface area (TPSA) is 37.3 Å². The molecule has 1 aromatic rings. The number of hydrogen-bond acceptors (Lipinski definition) is 2. The molecule has 2 rings (SSSR count). The van der Waals surface area contributed by atoms with E-state index in [0.29, 0.717) is 11.1 Å². The standard InChI is InChI=1S/C10H7FO2/c11-7-3-6-1-2-8(12)5-9(6)10(13)4-7/h1-4,13H,5H2. The number of halogens is 1. The summed E-state index contributed by atoms with van der Waals surface area (Å²) >= 11 is 0. The van der Waals surface area contributed by atoms with Crippen LogP contribution in [0.2, 0.25) is 0 Å². The van der Waals surface area contributed by atoms with Crippen molar-refractivity contribution in [1.82, 2.24) is 0 Å². The van der Waals surface area contributed by atoms with Crippen molar-refractivity contribution in [3.05, 3.63) is 35.2 Å². The van der Waals surface area contributed by atoms with Gasteiger partial charge in [0.2, 0.25) is 0 Å². The lowest BCUT2D eigenvalue weighted by Gasteiger charge is -2.10. The molecule has 0 bridgehead atoms. The molecular weight excluding hydrogens is 171 g/mol. The Kier molecular flexibility index (Phi) is 1.65. The van der Waals surface area contributed by atoms with Gasteiger partial charge in [-0.25, -0.2) is 4.39 Å². The molecule has 3 heteroatoms. The monoisotopic (exact) mass is 178 g/mol. The van der Waals surface area contributed by atoms with Gasteiger partial charge < -0.3 is 5.11 Å². The number of phenolic OH excluding ortho intramolecular Hbond substituents is 1. The molecule has 0 aromatic heterocycles. The number of benzene rings is 1. The molecule has 1 aromatic carbocycles. The Morgan fingerprint density at radius 3 is 2.85 bits per heavy atom. The number of ketones is 1. The van der Waals surface area contributed by atoms with E-state index in [9.17, 15) is 14.3 Å². The van der Waals surface area contributed by atoms with Crippen molar-refractivity contribution in [2.24, 2.45) is 0 Å². The van der Waals surface area contributed by atoms with Crippen LogP contribution in [0.25, 0.3) is 6.08 Å². The highest BCUT2D eigenvalue weighted by molar-refractivity contribution is 5.98. The van der Waals surface area contributed by atoms with Gasteiger partial charge in [-0.05, 0) is 17.7 Å². The quantitative estimate of drug-likeness (QED) is 0.656. The Morgan fingerprint density at radius 1 is 1.31 bits per heavy atom. The van der Waals surface area contributed by atoms with E-state index in [4.69, 9.17) is 0 Å². The summed E-state index contributed by atoms with van der Waals surface area (Å²) in [7, 11) is 0. The Hall–Kier alpha value is -1.64. The van der Waals surface area contributed by atoms with Crippen molar-refractivity contribution in [2.75, 3.05) is 0 Å². The Balaban J connectivity index is 2.62. The number of carbonyl (C=O) groups is 1. The first kappa shape index (κ1) is 7.98. The maximum atomic E-state index is 12.8. The number of aromatic hydroxyl groups is 1. The van der Waals surface area contributed by atoms with Crippen LogP contribution in [0, 0.1) is 5.82 Å². The summed E-state index contributed by atoms with van der Waals surface area (Å²) in [6, 6.07) is 2.32. The summed E-state index contributed by atoms with van der Waals surface area (Å²) in [5, 5.41) is 9.33. The van der Waals surface area contributed by atoms with Gasteiger partial charge in [-0.2, -0.15) is 0 Å². The van der Waals surface area contributed by atoms with Crippen LogP contribution in [0.1, 0.15) is 11.1 Å². The lowest BCUT2D eigenvalue weighted by Crippen LogP contribution is -2.05. The summed E-state index contributed by atoms with van der Waals surface area (Å²) < 4.78 is 12.8. The van der Waals surface area contributed by atoms with E-state index >= 15 is 0 Å². The number of fused-ring (bicyclic) bond motifs is 1. The van der Waals surface area contributed by atoms with Gasteiger partial charge in [0, 0.05) is 18.1 Å². The van der Waals surface area contributed by atoms with Gasteiger partial charge in [-0.1, -0.05) is 6.08 Å². The molecule has 0 saturated heterocycles. The fourth-order valence-electron chi connectivity index (χ4n) is 1.40. The van der Waals surface area contributed by atoms with Crippen LogP contribution in [0.15, 0.2) is 18.2 Å². The van der Waals surface area contributed by atoms with Crippen molar-refractivity contribution in [2.45, 2.75) is 6.42 Å². The summed E-state index contributed by atoms with van der Waals surface area (Å²) in [5.74, 6) is -0.711. The van der Waals surface area contributed by atoms with Gasteiger partial charge >= 0.3 is 0 Å². The van der Waals surface area contributed by atoms with Gasteiger partial charge in [0.15, 0.2) is 5.78 Å². The minimum Gasteiger partial charge on any atom is -0.508 e. The highest BCUT2D eigenvalue weighted by Gasteiger charge is 2.15. The van der Waals surface area contributed by atoms with Gasteiger partial charge in [0.25, 0.3) is 0 Å². The second-order valence-electron chi connectivity index (χ2n) is 2.97. The molecule has 0 spiro atoms. The molecule has 2 nitrogen and oxygen atoms in total. The maximum Gasteiger partial charge on any atom is 0.160 e. The molecule has 0 amide bonds. The van der Waals surface area contributed by atoms with Crippen LogP contribution in [0.4, 0.5) is 4.39 Å². The lowest BCUT2D eigenvalue weighted by atomic mass is 9.96. The number of allylic oxidation sites excluding steroid dienone is 1. The smallest absolute Gasteiger partial charge is 0.160 e. The largest absolute Gasteiger partial charge is 0.508 e. The molecule has 0 saturated carbocycles. The zero-order chi connectivity index (χ0) is 9.42. The highest BCUT2D eigenvalue weighted by atomic mass is 19.1. The Morgan fingerprint density at radius 2 is 2.08 bits per heavy atom. The molecule has 0 unspecified atom stereocenters. The third kappa shape index (κ3) is 1.33. The predicted molar refractivity (Wildman–Crippen MR) is 45.8 cm³/mol. The fourth-order valence-corrected chi connectivity index (χ4v) is 1.40. The van der Waals surface area contributed by atoms with Gasteiger partial charge in [0.05, 0.1) is 0 Å². The molecule has 0 radical (unpaired) electrons. The second-order valence-corrected chi connectivity index (χ2v) is 2.97. The molecule has 0 fully saturated rings. The van der Waals surface area contributed by atoms with E-state index in [1.807, 2.05) is 0 Å². The summed E-state index contributed by atoms with van der Waals surface area (Å²) in [5.41, 5.74) is 1.09. The Bertz CT molecular complexity index is 408. The van der Waals surface area contributed by atoms with Gasteiger partial charge in [-0.3, -0.25) is 4.79 Å². The highest BCUT2D eigenvalue weighted by Crippen LogP contribution is 2.27. The lowest BCUT2D eigenvalue weighted by molar-refractivity contribution is -0.114. The molecule has 1 aliphatic carbocycles. The van der Waals surface area contributed by atoms with Crippen LogP contribution in [-0.2, 0) is 11.2 Å². The normalized spacial score (nSPS) is 14.4. The van der Waals surface area contributed by atoms with Gasteiger partial charge in [-0.15, -0.1) is 0 Å². The maximum absolute atomic E-state index is 12.8. The van der Waals surface area contributed by atoms with E-state index in [-0.39, 0.29) is 18.0 Å². The fraction of sp³-hybridized carbons (Fsp3) is 0.100. The van der Waals surface area contributed by atoms with E-state index in [0.717, 1.165) is 6.07 Å². The summed E-state index contributed by atoms with van der Waals surface area (Å²) in [4.78, 5) is 11.0. The van der Waals surface area contributed by atoms with Crippen molar-refractivity contribution >= 4 is 11.9 Å². The molecule has 0 atom stereocenters. The first-order valence-corrected chi connectivity index (χ1v) is 3.89. The van der Waals surface area contributed by atoms with E-state index in [1.165, 1.54) is 18.2 Å². The van der Waals surface area contributed by atoms with Crippen molar-refractivity contribution in [3.63, 3.8) is 0 Å². The van der Waals surface area contributed by atoms with E-state index in [2.05, 4.69) is 0 Å². The molecular formula is C10H7FO2. The zero-order valence-electron chi connectivity index (χ0n) is 6.75. The van der Waals surface area contributed by atoms with Crippen LogP contribution in [0.3, 0.4) is 0 Å². The van der Waals surface area contributed by atoms with Crippen LogP contribution in [-0.4, -0.2) is 10.9 Å². The molecule has 1 N–H and O–H groups in total. The second kappa shape index (κ2) is 2.69. The van der Waals surface area contributed by atoms with E-state index in [1.54, 1.807) is 0 Å². The van der Waals surface area contributed by atoms with E-state index < -0.39 is 5.82 Å². The number of carbonyl (C=O) groups excluding carboxylic acids is 1. The number of phenols is 1. The van der Waals surface area contributed by atoms with Crippen LogP contribution in [0.5, 0.6) is 5.75 Å². The molecule has 0 heterocycles. The van der Waals surface area contributed by atoms with Crippen molar-refractivity contribution < 1.29 is 14.3 Å². The average Bonchev–Trinajstić information content (AvgIpc) is 2.06. The average molecular weight is 178 g/mol. The zero-order valence-corrected chi connectivity index (χ0v) is 6.75. The molecule has 66 valence electrons. The number of hydrogen-bond donors (Lipinski definition) is 1. The van der Waals surface area contributed by atoms with Crippen molar-refractivity contribution in [3.8, 4) is 5.75 Å². The molecule has 1 aliphatic rings. The number of rotatable bonds is 0. The van der Waals surface area contributed by atoms with Crippen molar-refractivity contribution in [1.29, 1.82) is 0 Å². The minimum atomic E-state index is -0.491. The minimum absolute atomic E-state index is 0.0746. The van der Waals surface area contributed by atoms with Gasteiger partial charge in [0.1, 0.15) is 11.6 Å². The summed E-state index contributed by atoms with van der Waals surface area (Å²) in [6.07, 6.45) is 3.06. The third-order valence-electron chi connectivity index (χ3n) is 2.03. The third-order valence-corrected chi connectivity index (χ3v) is 2.03. The predicted octanol–water partition coefficient (Wildman–Crippen LogP) is 1.67. The SMILES string of the molecule is O=C1C=Cc2cc(F)cc(O)c2C1. The molecule has 13 heavy (non-hydrogen) atoms. The summed E-state index contributed by atoms with van der Waals surface area (Å²) in [6.45, 7) is 0.